The smallest absolute Gasteiger partial charge is 0.123 e. The number of pyridine rings is 2. The topological polar surface area (TPSA) is 63.8 Å². The van der Waals surface area contributed by atoms with Crippen molar-refractivity contribution in [1.82, 2.24) is 15.3 Å². The number of rotatable bonds is 10. The number of hydrogen-bond donors (Lipinski definition) is 2. The fourth-order valence-corrected chi connectivity index (χ4v) is 4.24. The largest absolute Gasteiger partial charge is 0.330 e. The Balaban J connectivity index is 1.80. The summed E-state index contributed by atoms with van der Waals surface area (Å²) in [6.07, 6.45) is 6.57. The van der Waals surface area contributed by atoms with E-state index in [2.05, 4.69) is 50.1 Å². The van der Waals surface area contributed by atoms with Gasteiger partial charge in [-0.3, -0.25) is 9.97 Å². The highest BCUT2D eigenvalue weighted by atomic mass is 19.1. The zero-order chi connectivity index (χ0) is 23.1. The molecule has 0 aliphatic carbocycles. The maximum atomic E-state index is 13.5. The minimum atomic E-state index is -0.291. The average molecular weight is 435 g/mol. The molecule has 0 amide bonds. The average Bonchev–Trinajstić information content (AvgIpc) is 2.77. The summed E-state index contributed by atoms with van der Waals surface area (Å²) in [5.41, 5.74) is 12.2. The summed E-state index contributed by atoms with van der Waals surface area (Å²) in [5.74, 6) is -0.222. The molecule has 0 saturated heterocycles. The van der Waals surface area contributed by atoms with E-state index >= 15 is 0 Å². The standard InChI is InChI=1S/C27H35FN4/c1-19-15-20(2)25(32-17-19)16-23(7-5-13-29)31-18-26-24(8-6-14-30-26)27(3,4)21-9-11-22(28)12-10-21/h6,8-12,14-15,17,23,31H,5,7,13,16,18,29H2,1-4H3. The summed E-state index contributed by atoms with van der Waals surface area (Å²) in [4.78, 5) is 9.37. The van der Waals surface area contributed by atoms with E-state index in [1.165, 1.54) is 23.3 Å². The lowest BCUT2D eigenvalue weighted by Gasteiger charge is -2.29. The van der Waals surface area contributed by atoms with Crippen LogP contribution in [0.5, 0.6) is 0 Å². The van der Waals surface area contributed by atoms with Gasteiger partial charge < -0.3 is 11.1 Å². The molecule has 2 aromatic heterocycles. The van der Waals surface area contributed by atoms with Crippen molar-refractivity contribution in [3.8, 4) is 0 Å². The molecule has 0 fully saturated rings. The quantitative estimate of drug-likeness (QED) is 0.471. The molecule has 170 valence electrons. The SMILES string of the molecule is Cc1cnc(CC(CCCN)NCc2ncccc2C(C)(C)c2ccc(F)cc2)c(C)c1. The maximum Gasteiger partial charge on any atom is 0.123 e. The normalized spacial score (nSPS) is 12.7. The van der Waals surface area contributed by atoms with Gasteiger partial charge in [0.2, 0.25) is 0 Å². The van der Waals surface area contributed by atoms with Crippen LogP contribution in [0.3, 0.4) is 0 Å². The Hall–Kier alpha value is -2.63. The Kier molecular flexibility index (Phi) is 8.10. The van der Waals surface area contributed by atoms with Crippen molar-refractivity contribution in [2.75, 3.05) is 6.54 Å². The van der Waals surface area contributed by atoms with Crippen LogP contribution < -0.4 is 11.1 Å². The number of nitrogens with one attached hydrogen (secondary N) is 1. The first-order chi connectivity index (χ1) is 15.3. The molecule has 1 unspecified atom stereocenters. The summed E-state index contributed by atoms with van der Waals surface area (Å²) in [6.45, 7) is 9.83. The molecule has 0 saturated carbocycles. The number of benzene rings is 1. The van der Waals surface area contributed by atoms with Crippen LogP contribution in [-0.2, 0) is 18.4 Å². The Morgan fingerprint density at radius 3 is 2.50 bits per heavy atom. The van der Waals surface area contributed by atoms with Crippen molar-refractivity contribution in [1.29, 1.82) is 0 Å². The Morgan fingerprint density at radius 2 is 1.81 bits per heavy atom. The second kappa shape index (κ2) is 10.8. The Morgan fingerprint density at radius 1 is 1.06 bits per heavy atom. The monoisotopic (exact) mass is 434 g/mol. The van der Waals surface area contributed by atoms with E-state index in [1.54, 1.807) is 0 Å². The van der Waals surface area contributed by atoms with Crippen molar-refractivity contribution in [3.63, 3.8) is 0 Å². The van der Waals surface area contributed by atoms with Gasteiger partial charge in [-0.05, 0) is 73.7 Å². The first-order valence-corrected chi connectivity index (χ1v) is 11.4. The van der Waals surface area contributed by atoms with Gasteiger partial charge in [-0.25, -0.2) is 4.39 Å². The highest BCUT2D eigenvalue weighted by molar-refractivity contribution is 5.39. The summed E-state index contributed by atoms with van der Waals surface area (Å²) >= 11 is 0. The van der Waals surface area contributed by atoms with Crippen LogP contribution in [0.25, 0.3) is 0 Å². The number of halogens is 1. The van der Waals surface area contributed by atoms with Gasteiger partial charge in [0, 0.05) is 42.5 Å². The van der Waals surface area contributed by atoms with Gasteiger partial charge in [0.1, 0.15) is 5.82 Å². The number of nitrogens with two attached hydrogens (primary N) is 1. The Bertz CT molecular complexity index is 1010. The molecule has 3 aromatic rings. The lowest BCUT2D eigenvalue weighted by atomic mass is 9.77. The molecular formula is C27H35FN4. The van der Waals surface area contributed by atoms with Gasteiger partial charge in [-0.15, -0.1) is 0 Å². The van der Waals surface area contributed by atoms with Crippen LogP contribution in [0.4, 0.5) is 4.39 Å². The fraction of sp³-hybridized carbons (Fsp3) is 0.407. The second-order valence-corrected chi connectivity index (χ2v) is 9.12. The lowest BCUT2D eigenvalue weighted by molar-refractivity contribution is 0.455. The third-order valence-electron chi connectivity index (χ3n) is 6.21. The summed E-state index contributed by atoms with van der Waals surface area (Å²) in [6, 6.07) is 13.3. The zero-order valence-corrected chi connectivity index (χ0v) is 19.7. The van der Waals surface area contributed by atoms with E-state index in [0.717, 1.165) is 41.8 Å². The van der Waals surface area contributed by atoms with Gasteiger partial charge in [-0.2, -0.15) is 0 Å². The molecule has 1 atom stereocenters. The first-order valence-electron chi connectivity index (χ1n) is 11.4. The number of hydrogen-bond acceptors (Lipinski definition) is 4. The molecule has 0 spiro atoms. The molecule has 0 aliphatic rings. The van der Waals surface area contributed by atoms with Crippen LogP contribution in [0.2, 0.25) is 0 Å². The summed E-state index contributed by atoms with van der Waals surface area (Å²) in [7, 11) is 0. The van der Waals surface area contributed by atoms with E-state index in [-0.39, 0.29) is 17.3 Å². The minimum absolute atomic E-state index is 0.222. The molecule has 3 N–H and O–H groups in total. The summed E-state index contributed by atoms with van der Waals surface area (Å²) in [5, 5.41) is 3.72. The van der Waals surface area contributed by atoms with Gasteiger partial charge in [0.05, 0.1) is 5.69 Å². The molecule has 2 heterocycles. The van der Waals surface area contributed by atoms with Crippen molar-refractivity contribution in [2.24, 2.45) is 5.73 Å². The molecule has 3 rings (SSSR count). The van der Waals surface area contributed by atoms with Crippen molar-refractivity contribution < 1.29 is 4.39 Å². The van der Waals surface area contributed by atoms with E-state index in [0.29, 0.717) is 13.1 Å². The molecule has 0 radical (unpaired) electrons. The van der Waals surface area contributed by atoms with E-state index in [1.807, 2.05) is 30.6 Å². The highest BCUT2D eigenvalue weighted by Crippen LogP contribution is 2.33. The van der Waals surface area contributed by atoms with Gasteiger partial charge in [0.25, 0.3) is 0 Å². The van der Waals surface area contributed by atoms with Crippen LogP contribution >= 0.6 is 0 Å². The third kappa shape index (κ3) is 5.99. The van der Waals surface area contributed by atoms with E-state index in [4.69, 9.17) is 10.7 Å². The van der Waals surface area contributed by atoms with Gasteiger partial charge in [-0.1, -0.05) is 38.1 Å². The molecular weight excluding hydrogens is 399 g/mol. The van der Waals surface area contributed by atoms with Crippen LogP contribution in [0, 0.1) is 19.7 Å². The third-order valence-corrected chi connectivity index (χ3v) is 6.21. The first kappa shape index (κ1) is 24.0. The molecule has 0 aliphatic heterocycles. The van der Waals surface area contributed by atoms with E-state index in [9.17, 15) is 4.39 Å². The second-order valence-electron chi connectivity index (χ2n) is 9.12. The summed E-state index contributed by atoms with van der Waals surface area (Å²) < 4.78 is 13.5. The molecule has 32 heavy (non-hydrogen) atoms. The van der Waals surface area contributed by atoms with Crippen molar-refractivity contribution >= 4 is 0 Å². The number of aryl methyl sites for hydroxylation is 2. The van der Waals surface area contributed by atoms with Crippen LogP contribution in [0.1, 0.15) is 60.3 Å². The van der Waals surface area contributed by atoms with Crippen molar-refractivity contribution in [2.45, 2.75) is 65.0 Å². The highest BCUT2D eigenvalue weighted by Gasteiger charge is 2.26. The molecule has 1 aromatic carbocycles. The van der Waals surface area contributed by atoms with E-state index < -0.39 is 0 Å². The number of aromatic nitrogens is 2. The Labute approximate surface area is 191 Å². The fourth-order valence-electron chi connectivity index (χ4n) is 4.24. The maximum absolute atomic E-state index is 13.5. The van der Waals surface area contributed by atoms with Gasteiger partial charge in [0.15, 0.2) is 0 Å². The predicted octanol–water partition coefficient (Wildman–Crippen LogP) is 5.00. The minimum Gasteiger partial charge on any atom is -0.330 e. The molecule has 0 bridgehead atoms. The van der Waals surface area contributed by atoms with Gasteiger partial charge >= 0.3 is 0 Å². The molecule has 5 heteroatoms. The number of nitrogens with zero attached hydrogens (tertiary/aromatic N) is 2. The van der Waals surface area contributed by atoms with Crippen molar-refractivity contribution in [3.05, 3.63) is 94.3 Å². The van der Waals surface area contributed by atoms with Crippen LogP contribution in [-0.4, -0.2) is 22.6 Å². The zero-order valence-electron chi connectivity index (χ0n) is 19.7. The van der Waals surface area contributed by atoms with Crippen LogP contribution in [0.15, 0.2) is 54.9 Å². The lowest BCUT2D eigenvalue weighted by Crippen LogP contribution is -2.33. The predicted molar refractivity (Wildman–Crippen MR) is 129 cm³/mol. The molecule has 4 nitrogen and oxygen atoms in total.